The van der Waals surface area contributed by atoms with Gasteiger partial charge < -0.3 is 5.32 Å². The zero-order chi connectivity index (χ0) is 12.4. The van der Waals surface area contributed by atoms with E-state index in [2.05, 4.69) is 10.4 Å². The van der Waals surface area contributed by atoms with Crippen molar-refractivity contribution < 1.29 is 4.92 Å². The van der Waals surface area contributed by atoms with Gasteiger partial charge in [0.05, 0.1) is 16.8 Å². The van der Waals surface area contributed by atoms with E-state index in [1.807, 2.05) is 0 Å². The van der Waals surface area contributed by atoms with Gasteiger partial charge in [0.1, 0.15) is 5.69 Å². The summed E-state index contributed by atoms with van der Waals surface area (Å²) in [6, 6.07) is 4.46. The Hall–Kier alpha value is -2.08. The number of anilines is 2. The molecule has 0 amide bonds. The molecular formula is C10H9ClN4O2. The first kappa shape index (κ1) is 11.4. The second kappa shape index (κ2) is 4.42. The molecule has 0 spiro atoms. The van der Waals surface area contributed by atoms with Crippen molar-refractivity contribution in [3.8, 4) is 0 Å². The summed E-state index contributed by atoms with van der Waals surface area (Å²) in [6.45, 7) is 0. The first-order valence-electron chi connectivity index (χ1n) is 4.76. The lowest BCUT2D eigenvalue weighted by atomic mass is 10.2. The monoisotopic (exact) mass is 252 g/mol. The van der Waals surface area contributed by atoms with Gasteiger partial charge in [0.2, 0.25) is 0 Å². The normalized spacial score (nSPS) is 10.2. The Kier molecular flexibility index (Phi) is 2.97. The first-order valence-corrected chi connectivity index (χ1v) is 5.13. The first-order chi connectivity index (χ1) is 8.06. The summed E-state index contributed by atoms with van der Waals surface area (Å²) in [5, 5.41) is 18.1. The van der Waals surface area contributed by atoms with Crippen LogP contribution in [0.1, 0.15) is 0 Å². The highest BCUT2D eigenvalue weighted by atomic mass is 35.5. The molecule has 2 rings (SSSR count). The summed E-state index contributed by atoms with van der Waals surface area (Å²) in [4.78, 5) is 10.4. The van der Waals surface area contributed by atoms with Crippen LogP contribution in [0.4, 0.5) is 17.1 Å². The summed E-state index contributed by atoms with van der Waals surface area (Å²) < 4.78 is 1.60. The van der Waals surface area contributed by atoms with Crippen LogP contribution in [0.3, 0.4) is 0 Å². The van der Waals surface area contributed by atoms with E-state index in [9.17, 15) is 10.1 Å². The third-order valence-electron chi connectivity index (χ3n) is 2.14. The molecule has 0 fully saturated rings. The van der Waals surface area contributed by atoms with Gasteiger partial charge >= 0.3 is 0 Å². The van der Waals surface area contributed by atoms with Gasteiger partial charge in [-0.25, -0.2) is 0 Å². The average molecular weight is 253 g/mol. The van der Waals surface area contributed by atoms with Gasteiger partial charge in [-0.3, -0.25) is 14.8 Å². The SMILES string of the molecule is Cn1cc(Nc2ccc(Cl)cc2[N+](=O)[O-])cn1. The molecule has 0 aliphatic carbocycles. The lowest BCUT2D eigenvalue weighted by Crippen LogP contribution is -1.96. The molecule has 0 radical (unpaired) electrons. The molecular weight excluding hydrogens is 244 g/mol. The zero-order valence-electron chi connectivity index (χ0n) is 8.92. The van der Waals surface area contributed by atoms with Crippen LogP contribution >= 0.6 is 11.6 Å². The Morgan fingerprint density at radius 2 is 2.29 bits per heavy atom. The van der Waals surface area contributed by atoms with Crippen LogP contribution in [0.2, 0.25) is 5.02 Å². The minimum absolute atomic E-state index is 0.0682. The smallest absolute Gasteiger partial charge is 0.294 e. The minimum Gasteiger partial charge on any atom is -0.347 e. The van der Waals surface area contributed by atoms with E-state index in [1.165, 1.54) is 6.07 Å². The van der Waals surface area contributed by atoms with E-state index in [4.69, 9.17) is 11.6 Å². The van der Waals surface area contributed by atoms with Crippen molar-refractivity contribution in [2.24, 2.45) is 7.05 Å². The molecule has 0 unspecified atom stereocenters. The number of aryl methyl sites for hydroxylation is 1. The summed E-state index contributed by atoms with van der Waals surface area (Å²) in [5.41, 5.74) is 0.992. The number of rotatable bonds is 3. The van der Waals surface area contributed by atoms with Crippen LogP contribution in [-0.4, -0.2) is 14.7 Å². The van der Waals surface area contributed by atoms with Crippen molar-refractivity contribution in [1.82, 2.24) is 9.78 Å². The van der Waals surface area contributed by atoms with Crippen molar-refractivity contribution in [3.63, 3.8) is 0 Å². The fourth-order valence-electron chi connectivity index (χ4n) is 1.40. The Labute approximate surface area is 102 Å². The molecule has 0 aliphatic rings. The van der Waals surface area contributed by atoms with Crippen LogP contribution in [0.5, 0.6) is 0 Å². The van der Waals surface area contributed by atoms with E-state index in [0.29, 0.717) is 16.4 Å². The second-order valence-electron chi connectivity index (χ2n) is 3.45. The van der Waals surface area contributed by atoms with Crippen LogP contribution in [0, 0.1) is 10.1 Å². The summed E-state index contributed by atoms with van der Waals surface area (Å²) in [5.74, 6) is 0. The highest BCUT2D eigenvalue weighted by Gasteiger charge is 2.14. The van der Waals surface area contributed by atoms with Crippen LogP contribution < -0.4 is 5.32 Å². The molecule has 88 valence electrons. The Bertz CT molecular complexity index is 567. The molecule has 6 nitrogen and oxygen atoms in total. The van der Waals surface area contributed by atoms with E-state index >= 15 is 0 Å². The van der Waals surface area contributed by atoms with Gasteiger partial charge in [0.15, 0.2) is 0 Å². The van der Waals surface area contributed by atoms with E-state index < -0.39 is 4.92 Å². The molecule has 7 heteroatoms. The van der Waals surface area contributed by atoms with Gasteiger partial charge in [-0.15, -0.1) is 0 Å². The van der Waals surface area contributed by atoms with Gasteiger partial charge in [-0.2, -0.15) is 5.10 Å². The predicted molar refractivity (Wildman–Crippen MR) is 64.6 cm³/mol. The number of nitro benzene ring substituents is 1. The van der Waals surface area contributed by atoms with Crippen molar-refractivity contribution in [3.05, 3.63) is 45.7 Å². The number of nitrogens with zero attached hydrogens (tertiary/aromatic N) is 3. The van der Waals surface area contributed by atoms with Gasteiger partial charge in [0.25, 0.3) is 5.69 Å². The number of aromatic nitrogens is 2. The van der Waals surface area contributed by atoms with E-state index in [1.54, 1.807) is 36.3 Å². The zero-order valence-corrected chi connectivity index (χ0v) is 9.68. The summed E-state index contributed by atoms with van der Waals surface area (Å²) in [7, 11) is 1.77. The van der Waals surface area contributed by atoms with Crippen molar-refractivity contribution in [2.75, 3.05) is 5.32 Å². The van der Waals surface area contributed by atoms with Crippen molar-refractivity contribution in [2.45, 2.75) is 0 Å². The van der Waals surface area contributed by atoms with Gasteiger partial charge in [0, 0.05) is 24.3 Å². The van der Waals surface area contributed by atoms with Crippen LogP contribution in [0.25, 0.3) is 0 Å². The fourth-order valence-corrected chi connectivity index (χ4v) is 1.57. The maximum Gasteiger partial charge on any atom is 0.294 e. The molecule has 0 saturated heterocycles. The number of hydrogen-bond acceptors (Lipinski definition) is 4. The third kappa shape index (κ3) is 2.54. The number of hydrogen-bond donors (Lipinski definition) is 1. The van der Waals surface area contributed by atoms with Crippen molar-refractivity contribution >= 4 is 28.7 Å². The van der Waals surface area contributed by atoms with Crippen LogP contribution in [-0.2, 0) is 7.05 Å². The molecule has 2 aromatic rings. The average Bonchev–Trinajstić information content (AvgIpc) is 2.66. The summed E-state index contributed by atoms with van der Waals surface area (Å²) in [6.07, 6.45) is 3.30. The second-order valence-corrected chi connectivity index (χ2v) is 3.88. The fraction of sp³-hybridized carbons (Fsp3) is 0.100. The topological polar surface area (TPSA) is 73.0 Å². The molecule has 17 heavy (non-hydrogen) atoms. The van der Waals surface area contributed by atoms with E-state index in [0.717, 1.165) is 0 Å². The third-order valence-corrected chi connectivity index (χ3v) is 2.38. The number of halogens is 1. The van der Waals surface area contributed by atoms with Crippen LogP contribution in [0.15, 0.2) is 30.6 Å². The predicted octanol–water partition coefficient (Wildman–Crippen LogP) is 2.73. The van der Waals surface area contributed by atoms with Gasteiger partial charge in [-0.1, -0.05) is 11.6 Å². The van der Waals surface area contributed by atoms with Gasteiger partial charge in [-0.05, 0) is 12.1 Å². The summed E-state index contributed by atoms with van der Waals surface area (Å²) >= 11 is 5.72. The maximum absolute atomic E-state index is 10.9. The minimum atomic E-state index is -0.482. The molecule has 0 saturated carbocycles. The molecule has 1 aromatic heterocycles. The molecule has 0 bridgehead atoms. The Morgan fingerprint density at radius 3 is 2.88 bits per heavy atom. The maximum atomic E-state index is 10.9. The lowest BCUT2D eigenvalue weighted by molar-refractivity contribution is -0.383. The molecule has 1 heterocycles. The van der Waals surface area contributed by atoms with Crippen molar-refractivity contribution in [1.29, 1.82) is 0 Å². The number of nitrogens with one attached hydrogen (secondary N) is 1. The Balaban J connectivity index is 2.35. The molecule has 1 N–H and O–H groups in total. The molecule has 1 aromatic carbocycles. The molecule has 0 atom stereocenters. The quantitative estimate of drug-likeness (QED) is 0.673. The lowest BCUT2D eigenvalue weighted by Gasteiger charge is -2.04. The number of nitro groups is 1. The molecule has 0 aliphatic heterocycles. The Morgan fingerprint density at radius 1 is 1.53 bits per heavy atom. The van der Waals surface area contributed by atoms with E-state index in [-0.39, 0.29) is 5.69 Å². The highest BCUT2D eigenvalue weighted by Crippen LogP contribution is 2.29. The standard InChI is InChI=1S/C10H9ClN4O2/c1-14-6-8(5-12-14)13-9-3-2-7(11)4-10(9)15(16)17/h2-6,13H,1H3. The highest BCUT2D eigenvalue weighted by molar-refractivity contribution is 6.30. The largest absolute Gasteiger partial charge is 0.347 e. The number of benzene rings is 1.